The lowest BCUT2D eigenvalue weighted by Crippen LogP contribution is -2.25. The van der Waals surface area contributed by atoms with Crippen molar-refractivity contribution in [3.05, 3.63) is 64.6 Å². The molecule has 4 aromatic rings. The van der Waals surface area contributed by atoms with Gasteiger partial charge >= 0.3 is 0 Å². The van der Waals surface area contributed by atoms with Gasteiger partial charge < -0.3 is 14.8 Å². The van der Waals surface area contributed by atoms with E-state index >= 15 is 0 Å². The summed E-state index contributed by atoms with van der Waals surface area (Å²) in [6.45, 7) is 1.08. The Bertz CT molecular complexity index is 1240. The lowest BCUT2D eigenvalue weighted by Gasteiger charge is -2.11. The molecule has 2 aromatic carbocycles. The predicted octanol–water partition coefficient (Wildman–Crippen LogP) is 4.83. The fourth-order valence-electron chi connectivity index (χ4n) is 3.54. The van der Waals surface area contributed by atoms with Gasteiger partial charge in [0, 0.05) is 35.9 Å². The number of amides is 1. The zero-order valence-electron chi connectivity index (χ0n) is 17.8. The predicted molar refractivity (Wildman–Crippen MR) is 128 cm³/mol. The molecule has 164 valence electrons. The van der Waals surface area contributed by atoms with Crippen LogP contribution in [0.25, 0.3) is 33.5 Å². The van der Waals surface area contributed by atoms with Gasteiger partial charge in [0.15, 0.2) is 5.65 Å². The maximum absolute atomic E-state index is 13.2. The van der Waals surface area contributed by atoms with Crippen molar-refractivity contribution in [2.45, 2.75) is 6.42 Å². The fourth-order valence-corrected chi connectivity index (χ4v) is 3.80. The highest BCUT2D eigenvalue weighted by Gasteiger charge is 2.21. The first-order chi connectivity index (χ1) is 15.6. The number of fused-ring (bicyclic) bond motifs is 1. The minimum absolute atomic E-state index is 0.190. The number of methoxy groups -OCH3 is 2. The Balaban J connectivity index is 1.85. The number of ether oxygens (including phenoxy) is 2. The van der Waals surface area contributed by atoms with Crippen LogP contribution in [0.5, 0.6) is 5.75 Å². The zero-order chi connectivity index (χ0) is 22.5. The lowest BCUT2D eigenvalue weighted by molar-refractivity contribution is 0.0950. The first kappa shape index (κ1) is 22.0. The summed E-state index contributed by atoms with van der Waals surface area (Å²) in [4.78, 5) is 18.0. The Morgan fingerprint density at radius 2 is 1.91 bits per heavy atom. The van der Waals surface area contributed by atoms with Gasteiger partial charge in [-0.25, -0.2) is 4.98 Å². The van der Waals surface area contributed by atoms with Gasteiger partial charge in [-0.2, -0.15) is 5.10 Å². The minimum atomic E-state index is -0.190. The van der Waals surface area contributed by atoms with E-state index in [0.29, 0.717) is 41.2 Å². The van der Waals surface area contributed by atoms with Crippen molar-refractivity contribution in [1.82, 2.24) is 20.5 Å². The van der Waals surface area contributed by atoms with Gasteiger partial charge in [-0.1, -0.05) is 40.2 Å². The second kappa shape index (κ2) is 9.93. The summed E-state index contributed by atoms with van der Waals surface area (Å²) in [6, 6.07) is 17.2. The lowest BCUT2D eigenvalue weighted by atomic mass is 10.0. The third kappa shape index (κ3) is 4.51. The average Bonchev–Trinajstić information content (AvgIpc) is 3.25. The second-order valence-electron chi connectivity index (χ2n) is 7.16. The van der Waals surface area contributed by atoms with Crippen molar-refractivity contribution in [3.63, 3.8) is 0 Å². The number of nitrogens with one attached hydrogen (secondary N) is 2. The molecular weight excluding hydrogens is 472 g/mol. The summed E-state index contributed by atoms with van der Waals surface area (Å²) in [7, 11) is 3.25. The van der Waals surface area contributed by atoms with Crippen LogP contribution in [-0.2, 0) is 4.74 Å². The molecule has 2 aromatic heterocycles. The molecule has 7 nitrogen and oxygen atoms in total. The molecule has 0 saturated heterocycles. The van der Waals surface area contributed by atoms with E-state index in [-0.39, 0.29) is 5.91 Å². The van der Waals surface area contributed by atoms with Gasteiger partial charge in [0.1, 0.15) is 5.75 Å². The molecule has 0 spiro atoms. The van der Waals surface area contributed by atoms with E-state index in [4.69, 9.17) is 14.5 Å². The number of para-hydroxylation sites is 1. The number of hydrogen-bond acceptors (Lipinski definition) is 5. The van der Waals surface area contributed by atoms with Crippen molar-refractivity contribution in [2.75, 3.05) is 27.4 Å². The SMILES string of the molecule is COCCCNC(=O)c1cc(-c2ccccc2OC)nc2n[nH]c(-c3ccc(Br)cc3)c12. The molecule has 8 heteroatoms. The van der Waals surface area contributed by atoms with Crippen LogP contribution >= 0.6 is 15.9 Å². The summed E-state index contributed by atoms with van der Waals surface area (Å²) in [5.41, 5.74) is 4.03. The highest BCUT2D eigenvalue weighted by Crippen LogP contribution is 2.34. The van der Waals surface area contributed by atoms with Crippen molar-refractivity contribution in [2.24, 2.45) is 0 Å². The van der Waals surface area contributed by atoms with Crippen LogP contribution in [0, 0.1) is 0 Å². The van der Waals surface area contributed by atoms with Crippen molar-refractivity contribution < 1.29 is 14.3 Å². The molecule has 0 atom stereocenters. The maximum Gasteiger partial charge on any atom is 0.252 e. The van der Waals surface area contributed by atoms with Crippen molar-refractivity contribution >= 4 is 32.9 Å². The number of rotatable bonds is 8. The standard InChI is InChI=1S/C24H23BrN4O3/c1-31-13-5-12-26-24(30)18-14-19(17-6-3-4-7-20(17)32-2)27-23-21(18)22(28-29-23)15-8-10-16(25)11-9-15/h3-4,6-11,14H,5,12-13H2,1-2H3,(H,26,30)(H,27,28,29). The van der Waals surface area contributed by atoms with Crippen molar-refractivity contribution in [1.29, 1.82) is 0 Å². The summed E-state index contributed by atoms with van der Waals surface area (Å²) in [6.07, 6.45) is 0.723. The van der Waals surface area contributed by atoms with Gasteiger partial charge in [-0.15, -0.1) is 0 Å². The summed E-state index contributed by atoms with van der Waals surface area (Å²) >= 11 is 3.46. The molecule has 2 N–H and O–H groups in total. The van der Waals surface area contributed by atoms with E-state index in [1.165, 1.54) is 0 Å². The Morgan fingerprint density at radius 3 is 2.66 bits per heavy atom. The fraction of sp³-hybridized carbons (Fsp3) is 0.208. The van der Waals surface area contributed by atoms with E-state index in [1.54, 1.807) is 20.3 Å². The first-order valence-corrected chi connectivity index (χ1v) is 11.0. The van der Waals surface area contributed by atoms with E-state index in [2.05, 4.69) is 31.4 Å². The monoisotopic (exact) mass is 494 g/mol. The van der Waals surface area contributed by atoms with E-state index in [9.17, 15) is 4.79 Å². The van der Waals surface area contributed by atoms with Crippen LogP contribution in [0.3, 0.4) is 0 Å². The van der Waals surface area contributed by atoms with Crippen molar-refractivity contribution in [3.8, 4) is 28.3 Å². The third-order valence-electron chi connectivity index (χ3n) is 5.10. The van der Waals surface area contributed by atoms with Crippen LogP contribution < -0.4 is 10.1 Å². The number of carbonyl (C=O) groups excluding carboxylic acids is 1. The molecular formula is C24H23BrN4O3. The molecule has 0 bridgehead atoms. The third-order valence-corrected chi connectivity index (χ3v) is 5.62. The Morgan fingerprint density at radius 1 is 1.12 bits per heavy atom. The van der Waals surface area contributed by atoms with Gasteiger partial charge in [-0.3, -0.25) is 9.89 Å². The van der Waals surface area contributed by atoms with Crippen LogP contribution in [0.4, 0.5) is 0 Å². The van der Waals surface area contributed by atoms with Crippen LogP contribution in [-0.4, -0.2) is 48.5 Å². The van der Waals surface area contributed by atoms with Gasteiger partial charge in [0.2, 0.25) is 0 Å². The average molecular weight is 495 g/mol. The van der Waals surface area contributed by atoms with E-state index in [0.717, 1.165) is 27.7 Å². The van der Waals surface area contributed by atoms with E-state index in [1.807, 2.05) is 48.5 Å². The molecule has 4 rings (SSSR count). The van der Waals surface area contributed by atoms with Gasteiger partial charge in [-0.05, 0) is 36.8 Å². The number of aromatic amines is 1. The largest absolute Gasteiger partial charge is 0.496 e. The molecule has 0 unspecified atom stereocenters. The number of nitrogens with zero attached hydrogens (tertiary/aromatic N) is 2. The Kier molecular flexibility index (Phi) is 6.82. The molecule has 0 fully saturated rings. The van der Waals surface area contributed by atoms with Gasteiger partial charge in [0.05, 0.1) is 29.4 Å². The highest BCUT2D eigenvalue weighted by molar-refractivity contribution is 9.10. The number of carbonyl (C=O) groups is 1. The molecule has 0 aliphatic carbocycles. The molecule has 32 heavy (non-hydrogen) atoms. The number of benzene rings is 2. The smallest absolute Gasteiger partial charge is 0.252 e. The molecule has 1 amide bonds. The summed E-state index contributed by atoms with van der Waals surface area (Å²) in [5, 5.41) is 11.2. The van der Waals surface area contributed by atoms with E-state index < -0.39 is 0 Å². The van der Waals surface area contributed by atoms with Gasteiger partial charge in [0.25, 0.3) is 5.91 Å². The number of hydrogen-bond donors (Lipinski definition) is 2. The maximum atomic E-state index is 13.2. The second-order valence-corrected chi connectivity index (χ2v) is 8.08. The Labute approximate surface area is 194 Å². The quantitative estimate of drug-likeness (QED) is 0.342. The topological polar surface area (TPSA) is 89.1 Å². The highest BCUT2D eigenvalue weighted by atomic mass is 79.9. The normalized spacial score (nSPS) is 11.0. The number of aromatic nitrogens is 3. The molecule has 0 saturated carbocycles. The summed E-state index contributed by atoms with van der Waals surface area (Å²) in [5.74, 6) is 0.485. The Hall–Kier alpha value is -3.23. The van der Waals surface area contributed by atoms with Crippen LogP contribution in [0.1, 0.15) is 16.8 Å². The molecule has 0 aliphatic heterocycles. The zero-order valence-corrected chi connectivity index (χ0v) is 19.4. The number of pyridine rings is 1. The summed E-state index contributed by atoms with van der Waals surface area (Å²) < 4.78 is 11.6. The minimum Gasteiger partial charge on any atom is -0.496 e. The number of halogens is 1. The molecule has 0 aliphatic rings. The van der Waals surface area contributed by atoms with Crippen LogP contribution in [0.15, 0.2) is 59.1 Å². The first-order valence-electron chi connectivity index (χ1n) is 10.2. The molecule has 2 heterocycles. The molecule has 0 radical (unpaired) electrons. The van der Waals surface area contributed by atoms with Crippen LogP contribution in [0.2, 0.25) is 0 Å². The number of H-pyrrole nitrogens is 1.